The number of nitrogens with zero attached hydrogens (tertiary/aromatic N) is 1. The minimum absolute atomic E-state index is 0.0176. The number of halogens is 4. The number of pyridine rings is 1. The molecule has 6 N–H and O–H groups in total. The van der Waals surface area contributed by atoms with Crippen LogP contribution < -0.4 is 21.2 Å². The van der Waals surface area contributed by atoms with Gasteiger partial charge in [0, 0.05) is 30.1 Å². The third-order valence-electron chi connectivity index (χ3n) is 5.01. The number of nitrogens with two attached hydrogens (primary N) is 2. The highest BCUT2D eigenvalue weighted by atomic mass is 19.4. The molecule has 3 aromatic rings. The van der Waals surface area contributed by atoms with Gasteiger partial charge in [0.25, 0.3) is 5.91 Å². The van der Waals surface area contributed by atoms with Crippen molar-refractivity contribution in [2.24, 2.45) is 5.73 Å². The van der Waals surface area contributed by atoms with E-state index in [1.54, 1.807) is 24.4 Å². The van der Waals surface area contributed by atoms with E-state index >= 15 is 0 Å². The highest BCUT2D eigenvalue weighted by molar-refractivity contribution is 6.16. The van der Waals surface area contributed by atoms with E-state index < -0.39 is 36.5 Å². The fourth-order valence-corrected chi connectivity index (χ4v) is 3.39. The van der Waals surface area contributed by atoms with Gasteiger partial charge in [-0.2, -0.15) is 0 Å². The second-order valence-electron chi connectivity index (χ2n) is 7.67. The SMILES string of the molecule is N/C(=C\C(=[NH2+])c1c(OC(F)(F)F)cccc1C(=O)N[C@@H](CO)Cc1ccccn1)c1ccc(F)cc1. The van der Waals surface area contributed by atoms with Gasteiger partial charge < -0.3 is 20.9 Å². The molecule has 0 bridgehead atoms. The summed E-state index contributed by atoms with van der Waals surface area (Å²) in [4.78, 5) is 17.2. The van der Waals surface area contributed by atoms with Crippen LogP contribution in [0.25, 0.3) is 5.70 Å². The van der Waals surface area contributed by atoms with Crippen LogP contribution in [0.15, 0.2) is 72.9 Å². The fourth-order valence-electron chi connectivity index (χ4n) is 3.39. The van der Waals surface area contributed by atoms with E-state index in [4.69, 9.17) is 11.1 Å². The van der Waals surface area contributed by atoms with Gasteiger partial charge in [-0.3, -0.25) is 15.2 Å². The summed E-state index contributed by atoms with van der Waals surface area (Å²) in [5.74, 6) is -2.03. The van der Waals surface area contributed by atoms with E-state index in [9.17, 15) is 27.5 Å². The van der Waals surface area contributed by atoms with Crippen molar-refractivity contribution in [2.75, 3.05) is 6.61 Å². The molecule has 0 spiro atoms. The molecule has 0 saturated carbocycles. The Hall–Kier alpha value is -4.25. The Kier molecular flexibility index (Phi) is 8.38. The molecule has 0 aliphatic heterocycles. The molecule has 188 valence electrons. The summed E-state index contributed by atoms with van der Waals surface area (Å²) >= 11 is 0. The Balaban J connectivity index is 1.96. The van der Waals surface area contributed by atoms with Gasteiger partial charge in [-0.1, -0.05) is 24.3 Å². The molecule has 7 nitrogen and oxygen atoms in total. The Morgan fingerprint density at radius 3 is 2.47 bits per heavy atom. The summed E-state index contributed by atoms with van der Waals surface area (Å²) in [5.41, 5.74) is 6.08. The number of alkyl halides is 3. The zero-order valence-corrected chi connectivity index (χ0v) is 18.8. The summed E-state index contributed by atoms with van der Waals surface area (Å²) in [6, 6.07) is 12.9. The number of rotatable bonds is 9. The Morgan fingerprint density at radius 1 is 1.14 bits per heavy atom. The highest BCUT2D eigenvalue weighted by Gasteiger charge is 2.34. The van der Waals surface area contributed by atoms with E-state index in [-0.39, 0.29) is 29.0 Å². The minimum atomic E-state index is -5.07. The maximum Gasteiger partial charge on any atom is 0.573 e. The van der Waals surface area contributed by atoms with Gasteiger partial charge in [0.15, 0.2) is 0 Å². The summed E-state index contributed by atoms with van der Waals surface area (Å²) in [6.45, 7) is -0.451. The lowest BCUT2D eigenvalue weighted by molar-refractivity contribution is -0.274. The monoisotopic (exact) mass is 503 g/mol. The molecular formula is C25H23F4N4O3+. The van der Waals surface area contributed by atoms with Crippen LogP contribution in [-0.4, -0.2) is 40.7 Å². The number of amides is 1. The smallest absolute Gasteiger partial charge is 0.405 e. The molecule has 0 aliphatic rings. The molecule has 0 fully saturated rings. The number of allylic oxidation sites excluding steroid dienone is 1. The molecule has 2 aromatic carbocycles. The van der Waals surface area contributed by atoms with Crippen molar-refractivity contribution in [1.29, 1.82) is 0 Å². The highest BCUT2D eigenvalue weighted by Crippen LogP contribution is 2.29. The van der Waals surface area contributed by atoms with Gasteiger partial charge in [-0.15, -0.1) is 13.2 Å². The van der Waals surface area contributed by atoms with E-state index in [1.165, 1.54) is 24.3 Å². The third kappa shape index (κ3) is 7.12. The van der Waals surface area contributed by atoms with Crippen LogP contribution in [0, 0.1) is 5.82 Å². The number of aromatic nitrogens is 1. The van der Waals surface area contributed by atoms with Gasteiger partial charge in [0.2, 0.25) is 5.71 Å². The summed E-state index contributed by atoms with van der Waals surface area (Å²) < 4.78 is 56.6. The van der Waals surface area contributed by atoms with Crippen molar-refractivity contribution in [3.8, 4) is 5.75 Å². The molecule has 1 heterocycles. The Labute approximate surface area is 203 Å². The average Bonchev–Trinajstić information content (AvgIpc) is 2.83. The van der Waals surface area contributed by atoms with Crippen LogP contribution in [0.2, 0.25) is 0 Å². The molecule has 1 aromatic heterocycles. The third-order valence-corrected chi connectivity index (χ3v) is 5.01. The summed E-state index contributed by atoms with van der Waals surface area (Å²) in [5, 5.41) is 18.4. The van der Waals surface area contributed by atoms with Crippen molar-refractivity contribution in [2.45, 2.75) is 18.8 Å². The first kappa shape index (κ1) is 26.4. The molecular weight excluding hydrogens is 480 g/mol. The Bertz CT molecular complexity index is 1250. The minimum Gasteiger partial charge on any atom is -0.405 e. The number of aliphatic hydroxyl groups is 1. The standard InChI is InChI=1S/C25H22F4N4O3/c26-16-9-7-15(8-10-16)20(30)13-21(31)23-19(5-3-6-22(23)36-25(27,28)29)24(35)33-18(14-34)12-17-4-1-2-11-32-17/h1-11,13,18,31,34H,12,14,30H2,(H,33,35)/p+1/b20-13-,31-21?/t18-/m1/s1. The van der Waals surface area contributed by atoms with Crippen LogP contribution in [0.4, 0.5) is 17.6 Å². The van der Waals surface area contributed by atoms with Crippen LogP contribution in [0.5, 0.6) is 5.75 Å². The molecule has 0 radical (unpaired) electrons. The van der Waals surface area contributed by atoms with Crippen molar-refractivity contribution in [3.05, 3.63) is 101 Å². The van der Waals surface area contributed by atoms with E-state index in [2.05, 4.69) is 15.0 Å². The van der Waals surface area contributed by atoms with Crippen molar-refractivity contribution in [3.63, 3.8) is 0 Å². The zero-order chi connectivity index (χ0) is 26.3. The van der Waals surface area contributed by atoms with Crippen molar-refractivity contribution in [1.82, 2.24) is 10.3 Å². The fraction of sp³-hybridized carbons (Fsp3) is 0.160. The van der Waals surface area contributed by atoms with Gasteiger partial charge in [0.05, 0.1) is 18.2 Å². The lowest BCUT2D eigenvalue weighted by Gasteiger charge is -2.18. The quantitative estimate of drug-likeness (QED) is 0.263. The predicted molar refractivity (Wildman–Crippen MR) is 124 cm³/mol. The number of aliphatic hydroxyl groups excluding tert-OH is 1. The second-order valence-corrected chi connectivity index (χ2v) is 7.67. The first-order chi connectivity index (χ1) is 17.1. The first-order valence-electron chi connectivity index (χ1n) is 10.6. The number of hydrogen-bond donors (Lipinski definition) is 4. The maximum absolute atomic E-state index is 13.2. The topological polar surface area (TPSA) is 123 Å². The van der Waals surface area contributed by atoms with Crippen LogP contribution in [0.3, 0.4) is 0 Å². The maximum atomic E-state index is 13.2. The van der Waals surface area contributed by atoms with E-state index in [1.807, 2.05) is 0 Å². The van der Waals surface area contributed by atoms with Crippen LogP contribution >= 0.6 is 0 Å². The number of carbonyl (C=O) groups excluding carboxylic acids is 1. The molecule has 11 heteroatoms. The molecule has 36 heavy (non-hydrogen) atoms. The van der Waals surface area contributed by atoms with Gasteiger partial charge in [-0.25, -0.2) is 4.39 Å². The van der Waals surface area contributed by atoms with Crippen molar-refractivity contribution >= 4 is 17.3 Å². The average molecular weight is 503 g/mol. The molecule has 0 aliphatic carbocycles. The number of hydrogen-bond acceptors (Lipinski definition) is 5. The lowest BCUT2D eigenvalue weighted by Crippen LogP contribution is -2.43. The molecule has 0 saturated heterocycles. The van der Waals surface area contributed by atoms with Gasteiger partial charge in [-0.05, 0) is 42.0 Å². The number of carbonyl (C=O) groups is 1. The van der Waals surface area contributed by atoms with Crippen LogP contribution in [-0.2, 0) is 6.42 Å². The summed E-state index contributed by atoms with van der Waals surface area (Å²) in [6.07, 6.45) is -2.19. The summed E-state index contributed by atoms with van der Waals surface area (Å²) in [7, 11) is 0. The van der Waals surface area contributed by atoms with Crippen molar-refractivity contribution < 1.29 is 37.6 Å². The van der Waals surface area contributed by atoms with E-state index in [0.717, 1.165) is 24.3 Å². The largest absolute Gasteiger partial charge is 0.573 e. The van der Waals surface area contributed by atoms with E-state index in [0.29, 0.717) is 11.3 Å². The van der Waals surface area contributed by atoms with Gasteiger partial charge in [0.1, 0.15) is 17.1 Å². The van der Waals surface area contributed by atoms with Crippen LogP contribution in [0.1, 0.15) is 27.2 Å². The second kappa shape index (κ2) is 11.5. The predicted octanol–water partition coefficient (Wildman–Crippen LogP) is 2.00. The number of nitrogens with one attached hydrogen (secondary N) is 1. The molecule has 1 amide bonds. The normalized spacial score (nSPS) is 12.6. The zero-order valence-electron chi connectivity index (χ0n) is 18.8. The molecule has 1 atom stereocenters. The Morgan fingerprint density at radius 2 is 1.86 bits per heavy atom. The first-order valence-corrected chi connectivity index (χ1v) is 10.6. The van der Waals surface area contributed by atoms with Gasteiger partial charge >= 0.3 is 6.36 Å². The lowest BCUT2D eigenvalue weighted by atomic mass is 9.98. The number of ether oxygens (including phenoxy) is 1. The number of benzene rings is 2. The molecule has 0 unspecified atom stereocenters. The molecule has 3 rings (SSSR count).